The smallest absolute Gasteiger partial charge is 0.274 e. The molecule has 0 heterocycles. The van der Waals surface area contributed by atoms with Crippen LogP contribution >= 0.6 is 11.8 Å². The van der Waals surface area contributed by atoms with E-state index in [2.05, 4.69) is 12.2 Å². The van der Waals surface area contributed by atoms with Crippen LogP contribution < -0.4 is 5.32 Å². The largest absolute Gasteiger partial charge is 0.325 e. The van der Waals surface area contributed by atoms with Gasteiger partial charge in [-0.05, 0) is 24.7 Å². The number of nitrogens with zero attached hydrogens (tertiary/aromatic N) is 1. The minimum atomic E-state index is -0.416. The third kappa shape index (κ3) is 4.90. The van der Waals surface area contributed by atoms with E-state index in [1.165, 1.54) is 6.07 Å². The molecule has 6 heteroatoms. The molecule has 0 fully saturated rings. The van der Waals surface area contributed by atoms with Crippen LogP contribution in [0.25, 0.3) is 0 Å². The molecule has 1 aromatic rings. The Bertz CT molecular complexity index is 463. The van der Waals surface area contributed by atoms with Crippen LogP contribution in [0.3, 0.4) is 0 Å². The first-order chi connectivity index (χ1) is 9.08. The van der Waals surface area contributed by atoms with Crippen LogP contribution in [0.15, 0.2) is 18.2 Å². The summed E-state index contributed by atoms with van der Waals surface area (Å²) < 4.78 is 0. The molecule has 0 bridgehead atoms. The van der Waals surface area contributed by atoms with Gasteiger partial charge < -0.3 is 5.32 Å². The molecule has 0 aromatic heterocycles. The molecule has 1 rings (SSSR count). The lowest BCUT2D eigenvalue weighted by Crippen LogP contribution is -2.14. The summed E-state index contributed by atoms with van der Waals surface area (Å²) in [7, 11) is 0. The fourth-order valence-electron chi connectivity index (χ4n) is 1.62. The number of carbonyl (C=O) groups excluding carboxylic acids is 1. The van der Waals surface area contributed by atoms with Crippen molar-refractivity contribution in [2.45, 2.75) is 26.7 Å². The number of nitrogens with one attached hydrogen (secondary N) is 1. The molecule has 0 unspecified atom stereocenters. The van der Waals surface area contributed by atoms with E-state index in [9.17, 15) is 14.9 Å². The number of amides is 1. The predicted octanol–water partition coefficient (Wildman–Crippen LogP) is 3.24. The third-order valence-corrected chi connectivity index (χ3v) is 3.69. The molecule has 1 N–H and O–H groups in total. The van der Waals surface area contributed by atoms with E-state index < -0.39 is 4.92 Å². The number of thioether (sulfide) groups is 1. The van der Waals surface area contributed by atoms with E-state index in [4.69, 9.17) is 0 Å². The average molecular weight is 282 g/mol. The van der Waals surface area contributed by atoms with Gasteiger partial charge in [0.2, 0.25) is 5.91 Å². The Labute approximate surface area is 116 Å². The van der Waals surface area contributed by atoms with Crippen molar-refractivity contribution in [3.05, 3.63) is 33.9 Å². The first-order valence-corrected chi connectivity index (χ1v) is 7.38. The normalized spacial score (nSPS) is 10.2. The Balaban J connectivity index is 2.71. The summed E-state index contributed by atoms with van der Waals surface area (Å²) in [6.07, 6.45) is 1.62. The molecular formula is C13H18N2O3S. The zero-order valence-corrected chi connectivity index (χ0v) is 12.0. The highest BCUT2D eigenvalue weighted by Gasteiger charge is 2.13. The fraction of sp³-hybridized carbons (Fsp3) is 0.462. The van der Waals surface area contributed by atoms with E-state index >= 15 is 0 Å². The SMILES string of the molecule is CCCSCC(=O)Nc1ccc(CC)c([N+](=O)[O-])c1. The quantitative estimate of drug-likeness (QED) is 0.473. The van der Waals surface area contributed by atoms with Crippen molar-refractivity contribution in [3.8, 4) is 0 Å². The molecule has 5 nitrogen and oxygen atoms in total. The lowest BCUT2D eigenvalue weighted by Gasteiger charge is -2.06. The van der Waals surface area contributed by atoms with Crippen molar-refractivity contribution < 1.29 is 9.72 Å². The highest BCUT2D eigenvalue weighted by molar-refractivity contribution is 7.99. The molecule has 0 aliphatic carbocycles. The lowest BCUT2D eigenvalue weighted by molar-refractivity contribution is -0.385. The van der Waals surface area contributed by atoms with Gasteiger partial charge in [0.05, 0.1) is 10.7 Å². The van der Waals surface area contributed by atoms with E-state index in [-0.39, 0.29) is 11.6 Å². The monoisotopic (exact) mass is 282 g/mol. The number of benzene rings is 1. The minimum Gasteiger partial charge on any atom is -0.325 e. The number of carbonyl (C=O) groups is 1. The van der Waals surface area contributed by atoms with Crippen LogP contribution in [0.2, 0.25) is 0 Å². The van der Waals surface area contributed by atoms with Gasteiger partial charge in [0.15, 0.2) is 0 Å². The molecular weight excluding hydrogens is 264 g/mol. The lowest BCUT2D eigenvalue weighted by atomic mass is 10.1. The molecule has 0 atom stereocenters. The van der Waals surface area contributed by atoms with Gasteiger partial charge in [0.1, 0.15) is 0 Å². The number of anilines is 1. The zero-order valence-electron chi connectivity index (χ0n) is 11.1. The zero-order chi connectivity index (χ0) is 14.3. The number of aryl methyl sites for hydroxylation is 1. The van der Waals surface area contributed by atoms with Crippen molar-refractivity contribution in [1.82, 2.24) is 0 Å². The molecule has 104 valence electrons. The maximum absolute atomic E-state index is 11.6. The summed E-state index contributed by atoms with van der Waals surface area (Å²) >= 11 is 1.55. The third-order valence-electron chi connectivity index (χ3n) is 2.53. The van der Waals surface area contributed by atoms with Crippen LogP contribution in [-0.2, 0) is 11.2 Å². The molecule has 0 saturated heterocycles. The van der Waals surface area contributed by atoms with Crippen molar-refractivity contribution in [1.29, 1.82) is 0 Å². The van der Waals surface area contributed by atoms with Gasteiger partial charge in [-0.3, -0.25) is 14.9 Å². The maximum Gasteiger partial charge on any atom is 0.274 e. The predicted molar refractivity (Wildman–Crippen MR) is 78.7 cm³/mol. The first-order valence-electron chi connectivity index (χ1n) is 6.23. The molecule has 1 amide bonds. The number of rotatable bonds is 7. The number of hydrogen-bond acceptors (Lipinski definition) is 4. The first kappa shape index (κ1) is 15.5. The van der Waals surface area contributed by atoms with E-state index in [0.29, 0.717) is 23.4 Å². The number of nitro groups is 1. The second kappa shape index (κ2) is 7.78. The van der Waals surface area contributed by atoms with E-state index in [1.807, 2.05) is 6.92 Å². The van der Waals surface area contributed by atoms with Gasteiger partial charge in [0.25, 0.3) is 5.69 Å². The number of hydrogen-bond donors (Lipinski definition) is 1. The summed E-state index contributed by atoms with van der Waals surface area (Å²) in [5.74, 6) is 1.18. The van der Waals surface area contributed by atoms with Crippen LogP contribution in [0.5, 0.6) is 0 Å². The topological polar surface area (TPSA) is 72.2 Å². The summed E-state index contributed by atoms with van der Waals surface area (Å²) in [4.78, 5) is 22.1. The average Bonchev–Trinajstić information content (AvgIpc) is 2.39. The standard InChI is InChI=1S/C13H18N2O3S/c1-3-7-19-9-13(16)14-11-6-5-10(4-2)12(8-11)15(17)18/h5-6,8H,3-4,7,9H2,1-2H3,(H,14,16). The molecule has 0 radical (unpaired) electrons. The second-order valence-corrected chi connectivity index (χ2v) is 5.16. The summed E-state index contributed by atoms with van der Waals surface area (Å²) in [6, 6.07) is 4.81. The number of nitro benzene ring substituents is 1. The highest BCUT2D eigenvalue weighted by Crippen LogP contribution is 2.23. The molecule has 0 spiro atoms. The van der Waals surface area contributed by atoms with Crippen LogP contribution in [0, 0.1) is 10.1 Å². The maximum atomic E-state index is 11.6. The molecule has 0 aliphatic rings. The summed E-state index contributed by atoms with van der Waals surface area (Å²) in [5, 5.41) is 13.6. The summed E-state index contributed by atoms with van der Waals surface area (Å²) in [6.45, 7) is 3.92. The Morgan fingerprint density at radius 3 is 2.74 bits per heavy atom. The highest BCUT2D eigenvalue weighted by atomic mass is 32.2. The Morgan fingerprint density at radius 1 is 1.42 bits per heavy atom. The van der Waals surface area contributed by atoms with Crippen LogP contribution in [0.4, 0.5) is 11.4 Å². The molecule has 1 aromatic carbocycles. The van der Waals surface area contributed by atoms with Gasteiger partial charge in [-0.15, -0.1) is 0 Å². The van der Waals surface area contributed by atoms with Gasteiger partial charge in [-0.2, -0.15) is 11.8 Å². The van der Waals surface area contributed by atoms with Crippen molar-refractivity contribution in [2.75, 3.05) is 16.8 Å². The minimum absolute atomic E-state index is 0.0570. The fourth-order valence-corrected chi connectivity index (χ4v) is 2.31. The van der Waals surface area contributed by atoms with Crippen LogP contribution in [-0.4, -0.2) is 22.3 Å². The van der Waals surface area contributed by atoms with Gasteiger partial charge in [0, 0.05) is 17.3 Å². The van der Waals surface area contributed by atoms with E-state index in [1.54, 1.807) is 23.9 Å². The van der Waals surface area contributed by atoms with Gasteiger partial charge in [-0.25, -0.2) is 0 Å². The van der Waals surface area contributed by atoms with Gasteiger partial charge >= 0.3 is 0 Å². The van der Waals surface area contributed by atoms with E-state index in [0.717, 1.165) is 12.2 Å². The van der Waals surface area contributed by atoms with Crippen molar-refractivity contribution in [2.24, 2.45) is 0 Å². The molecule has 0 aliphatic heterocycles. The molecule has 0 saturated carbocycles. The van der Waals surface area contributed by atoms with Crippen molar-refractivity contribution >= 4 is 29.0 Å². The van der Waals surface area contributed by atoms with Crippen LogP contribution in [0.1, 0.15) is 25.8 Å². The summed E-state index contributed by atoms with van der Waals surface area (Å²) in [5.41, 5.74) is 1.20. The second-order valence-electron chi connectivity index (χ2n) is 4.05. The van der Waals surface area contributed by atoms with Gasteiger partial charge in [-0.1, -0.05) is 19.9 Å². The Kier molecular flexibility index (Phi) is 6.35. The Morgan fingerprint density at radius 2 is 2.16 bits per heavy atom. The Hall–Kier alpha value is -1.56. The van der Waals surface area contributed by atoms with Crippen molar-refractivity contribution in [3.63, 3.8) is 0 Å². The molecule has 19 heavy (non-hydrogen) atoms.